The van der Waals surface area contributed by atoms with Crippen LogP contribution in [0.2, 0.25) is 0 Å². The number of para-hydroxylation sites is 2. The highest BCUT2D eigenvalue weighted by Crippen LogP contribution is 2.37. The van der Waals surface area contributed by atoms with Crippen molar-refractivity contribution in [2.24, 2.45) is 0 Å². The molecule has 4 aromatic rings. The van der Waals surface area contributed by atoms with Gasteiger partial charge in [-0.15, -0.1) is 0 Å². The first kappa shape index (κ1) is 18.3. The second kappa shape index (κ2) is 7.52. The number of hydrogen-bond donors (Lipinski definition) is 0. The van der Waals surface area contributed by atoms with Crippen molar-refractivity contribution in [1.82, 2.24) is 4.98 Å². The topological polar surface area (TPSA) is 33.2 Å². The Hall–Kier alpha value is -3.05. The number of aromatic nitrogens is 1. The van der Waals surface area contributed by atoms with E-state index in [2.05, 4.69) is 4.98 Å². The largest absolute Gasteiger partial charge is 0.274 e. The van der Waals surface area contributed by atoms with Crippen LogP contribution in [0.3, 0.4) is 0 Å². The fourth-order valence-electron chi connectivity index (χ4n) is 3.32. The van der Waals surface area contributed by atoms with E-state index in [1.807, 2.05) is 56.3 Å². The summed E-state index contributed by atoms with van der Waals surface area (Å²) in [5, 5.41) is 0.597. The molecule has 0 fully saturated rings. The summed E-state index contributed by atoms with van der Waals surface area (Å²) in [6.45, 7) is 3.94. The number of hydrogen-bond acceptors (Lipinski definition) is 3. The minimum absolute atomic E-state index is 0.0314. The number of nitrogens with zero attached hydrogens (tertiary/aromatic N) is 2. The minimum Gasteiger partial charge on any atom is -0.274 e. The molecule has 0 spiro atoms. The Morgan fingerprint density at radius 2 is 1.64 bits per heavy atom. The number of halogens is 1. The highest BCUT2D eigenvalue weighted by molar-refractivity contribution is 7.22. The third-order valence-electron chi connectivity index (χ3n) is 4.69. The van der Waals surface area contributed by atoms with Crippen LogP contribution in [-0.4, -0.2) is 10.9 Å². The van der Waals surface area contributed by atoms with Gasteiger partial charge < -0.3 is 0 Å². The van der Waals surface area contributed by atoms with E-state index in [1.165, 1.54) is 17.4 Å². The average Bonchev–Trinajstić information content (AvgIpc) is 3.10. The lowest BCUT2D eigenvalue weighted by Gasteiger charge is -2.24. The van der Waals surface area contributed by atoms with Gasteiger partial charge in [-0.2, -0.15) is 0 Å². The lowest BCUT2D eigenvalue weighted by molar-refractivity contribution is -0.117. The zero-order valence-corrected chi connectivity index (χ0v) is 16.5. The molecule has 140 valence electrons. The quantitative estimate of drug-likeness (QED) is 0.431. The smallest absolute Gasteiger partial charge is 0.237 e. The van der Waals surface area contributed by atoms with Gasteiger partial charge in [0, 0.05) is 0 Å². The predicted octanol–water partition coefficient (Wildman–Crippen LogP) is 5.96. The van der Waals surface area contributed by atoms with Crippen molar-refractivity contribution >= 4 is 38.3 Å². The van der Waals surface area contributed by atoms with Crippen molar-refractivity contribution in [3.05, 3.63) is 89.2 Å². The number of rotatable bonds is 4. The maximum Gasteiger partial charge on any atom is 0.237 e. The standard InChI is InChI=1S/C23H19FN2OS/c1-15-8-7-9-16(2)22(15)26(21(27)14-17-10-3-4-11-18(17)24)23-25-19-12-5-6-13-20(19)28-23/h3-13H,14H2,1-2H3. The molecule has 0 N–H and O–H groups in total. The zero-order chi connectivity index (χ0) is 19.7. The van der Waals surface area contributed by atoms with Crippen LogP contribution in [0.25, 0.3) is 10.2 Å². The lowest BCUT2D eigenvalue weighted by Crippen LogP contribution is -2.29. The molecular weight excluding hydrogens is 371 g/mol. The fraction of sp³-hybridized carbons (Fsp3) is 0.130. The first-order valence-electron chi connectivity index (χ1n) is 9.03. The number of aryl methyl sites for hydroxylation is 2. The Morgan fingerprint density at radius 3 is 2.36 bits per heavy atom. The Labute approximate surface area is 167 Å². The highest BCUT2D eigenvalue weighted by atomic mass is 32.1. The van der Waals surface area contributed by atoms with Crippen molar-refractivity contribution in [3.63, 3.8) is 0 Å². The van der Waals surface area contributed by atoms with Crippen LogP contribution in [-0.2, 0) is 11.2 Å². The molecule has 0 unspecified atom stereocenters. The van der Waals surface area contributed by atoms with Gasteiger partial charge in [0.1, 0.15) is 5.82 Å². The molecular formula is C23H19FN2OS. The molecule has 3 nitrogen and oxygen atoms in total. The molecule has 0 aliphatic carbocycles. The van der Waals surface area contributed by atoms with Gasteiger partial charge in [0.15, 0.2) is 5.13 Å². The summed E-state index contributed by atoms with van der Waals surface area (Å²) >= 11 is 1.46. The van der Waals surface area contributed by atoms with Crippen molar-refractivity contribution in [3.8, 4) is 0 Å². The summed E-state index contributed by atoms with van der Waals surface area (Å²) in [4.78, 5) is 19.7. The second-order valence-electron chi connectivity index (χ2n) is 6.70. The molecule has 0 aliphatic heterocycles. The van der Waals surface area contributed by atoms with Gasteiger partial charge in [-0.1, -0.05) is 59.9 Å². The van der Waals surface area contributed by atoms with Gasteiger partial charge in [0.05, 0.1) is 22.3 Å². The number of thiazole rings is 1. The van der Waals surface area contributed by atoms with Crippen molar-refractivity contribution < 1.29 is 9.18 Å². The second-order valence-corrected chi connectivity index (χ2v) is 7.71. The van der Waals surface area contributed by atoms with Crippen molar-refractivity contribution in [2.75, 3.05) is 4.90 Å². The molecule has 1 amide bonds. The number of carbonyl (C=O) groups excluding carboxylic acids is 1. The van der Waals surface area contributed by atoms with Crippen LogP contribution in [0.15, 0.2) is 66.7 Å². The van der Waals surface area contributed by atoms with Crippen LogP contribution in [0, 0.1) is 19.7 Å². The summed E-state index contributed by atoms with van der Waals surface area (Å²) in [7, 11) is 0. The molecule has 0 aliphatic rings. The Morgan fingerprint density at radius 1 is 0.964 bits per heavy atom. The van der Waals surface area contributed by atoms with E-state index in [0.717, 1.165) is 27.0 Å². The van der Waals surface area contributed by atoms with E-state index >= 15 is 0 Å². The van der Waals surface area contributed by atoms with Gasteiger partial charge in [0.25, 0.3) is 0 Å². The van der Waals surface area contributed by atoms with E-state index in [1.54, 1.807) is 23.1 Å². The van der Waals surface area contributed by atoms with E-state index in [9.17, 15) is 9.18 Å². The minimum atomic E-state index is -0.374. The Balaban J connectivity index is 1.84. The third-order valence-corrected chi connectivity index (χ3v) is 5.71. The summed E-state index contributed by atoms with van der Waals surface area (Å²) < 4.78 is 15.2. The summed E-state index contributed by atoms with van der Waals surface area (Å²) in [5.74, 6) is -0.580. The van der Waals surface area contributed by atoms with Crippen LogP contribution in [0.1, 0.15) is 16.7 Å². The van der Waals surface area contributed by atoms with Crippen LogP contribution >= 0.6 is 11.3 Å². The zero-order valence-electron chi connectivity index (χ0n) is 15.6. The molecule has 0 saturated heterocycles. The Kier molecular flexibility index (Phi) is 4.92. The highest BCUT2D eigenvalue weighted by Gasteiger charge is 2.25. The summed E-state index contributed by atoms with van der Waals surface area (Å²) in [6, 6.07) is 20.1. The number of benzene rings is 3. The SMILES string of the molecule is Cc1cccc(C)c1N(C(=O)Cc1ccccc1F)c1nc2ccccc2s1. The molecule has 4 rings (SSSR count). The maximum absolute atomic E-state index is 14.2. The van der Waals surface area contributed by atoms with E-state index in [4.69, 9.17) is 0 Å². The molecule has 5 heteroatoms. The first-order chi connectivity index (χ1) is 13.5. The molecule has 28 heavy (non-hydrogen) atoms. The van der Waals surface area contributed by atoms with E-state index in [0.29, 0.717) is 10.7 Å². The molecule has 0 bridgehead atoms. The van der Waals surface area contributed by atoms with Crippen LogP contribution < -0.4 is 4.90 Å². The molecule has 0 atom stereocenters. The number of amides is 1. The van der Waals surface area contributed by atoms with Crippen LogP contribution in [0.4, 0.5) is 15.2 Å². The lowest BCUT2D eigenvalue weighted by atomic mass is 10.1. The number of anilines is 2. The first-order valence-corrected chi connectivity index (χ1v) is 9.84. The van der Waals surface area contributed by atoms with Gasteiger partial charge in [0.2, 0.25) is 5.91 Å². The maximum atomic E-state index is 14.2. The van der Waals surface area contributed by atoms with E-state index < -0.39 is 0 Å². The fourth-order valence-corrected chi connectivity index (χ4v) is 4.31. The van der Waals surface area contributed by atoms with Crippen molar-refractivity contribution in [1.29, 1.82) is 0 Å². The molecule has 1 heterocycles. The van der Waals surface area contributed by atoms with Crippen LogP contribution in [0.5, 0.6) is 0 Å². The third kappa shape index (κ3) is 3.41. The van der Waals surface area contributed by atoms with Gasteiger partial charge in [-0.05, 0) is 48.7 Å². The molecule has 0 radical (unpaired) electrons. The Bertz CT molecular complexity index is 1110. The van der Waals surface area contributed by atoms with Gasteiger partial charge in [-0.3, -0.25) is 9.69 Å². The van der Waals surface area contributed by atoms with E-state index in [-0.39, 0.29) is 18.1 Å². The molecule has 1 aromatic heterocycles. The predicted molar refractivity (Wildman–Crippen MR) is 113 cm³/mol. The van der Waals surface area contributed by atoms with Gasteiger partial charge >= 0.3 is 0 Å². The number of carbonyl (C=O) groups is 1. The average molecular weight is 390 g/mol. The van der Waals surface area contributed by atoms with Gasteiger partial charge in [-0.25, -0.2) is 9.37 Å². The normalized spacial score (nSPS) is 11.0. The molecule has 0 saturated carbocycles. The number of fused-ring (bicyclic) bond motifs is 1. The van der Waals surface area contributed by atoms with Crippen molar-refractivity contribution in [2.45, 2.75) is 20.3 Å². The summed E-state index contributed by atoms with van der Waals surface area (Å²) in [5.41, 5.74) is 3.98. The monoisotopic (exact) mass is 390 g/mol. The molecule has 3 aromatic carbocycles. The summed E-state index contributed by atoms with van der Waals surface area (Å²) in [6.07, 6.45) is -0.0314.